The zero-order chi connectivity index (χ0) is 21.3. The molecule has 1 aliphatic rings. The van der Waals surface area contributed by atoms with E-state index in [0.717, 1.165) is 22.6 Å². The lowest BCUT2D eigenvalue weighted by atomic mass is 10.0. The predicted octanol–water partition coefficient (Wildman–Crippen LogP) is 4.09. The molecule has 0 N–H and O–H groups in total. The molecule has 2 aromatic rings. The van der Waals surface area contributed by atoms with Crippen molar-refractivity contribution in [1.29, 1.82) is 0 Å². The van der Waals surface area contributed by atoms with Gasteiger partial charge in [0.25, 0.3) is 5.91 Å². The van der Waals surface area contributed by atoms with E-state index in [2.05, 4.69) is 6.58 Å². The summed E-state index contributed by atoms with van der Waals surface area (Å²) < 4.78 is 20.2. The fourth-order valence-corrected chi connectivity index (χ4v) is 3.65. The summed E-state index contributed by atoms with van der Waals surface area (Å²) in [5.74, 6) is -1.13. The van der Waals surface area contributed by atoms with Gasteiger partial charge in [0.2, 0.25) is 0 Å². The lowest BCUT2D eigenvalue weighted by Gasteiger charge is -2.14. The molecule has 29 heavy (non-hydrogen) atoms. The van der Waals surface area contributed by atoms with Crippen molar-refractivity contribution in [2.45, 2.75) is 20.8 Å². The van der Waals surface area contributed by atoms with Crippen LogP contribution < -0.4 is 0 Å². The number of methoxy groups -OCH3 is 1. The molecule has 5 nitrogen and oxygen atoms in total. The molecule has 3 rings (SSSR count). The standard InChI is InChI=1S/C23H23FN2O3/c1-6-11-25-16(4)21(23(28)29-5)20(22(25)27)13-17-12-14(2)26(15(17)3)19-9-7-18(24)8-10-19/h6-10,12-13H,1,11H2,2-5H3/b20-13-. The Balaban J connectivity index is 2.13. The summed E-state index contributed by atoms with van der Waals surface area (Å²) in [6.45, 7) is 9.55. The summed E-state index contributed by atoms with van der Waals surface area (Å²) in [4.78, 5) is 26.8. The Morgan fingerprint density at radius 1 is 1.21 bits per heavy atom. The Morgan fingerprint density at radius 2 is 1.86 bits per heavy atom. The Labute approximate surface area is 169 Å². The Kier molecular flexibility index (Phi) is 5.55. The minimum Gasteiger partial charge on any atom is -0.465 e. The second-order valence-electron chi connectivity index (χ2n) is 6.85. The first kappa shape index (κ1) is 20.3. The van der Waals surface area contributed by atoms with E-state index in [1.807, 2.05) is 24.5 Å². The molecule has 6 heteroatoms. The number of benzene rings is 1. The summed E-state index contributed by atoms with van der Waals surface area (Å²) in [5, 5.41) is 0. The minimum atomic E-state index is -0.555. The fraction of sp³-hybridized carbons (Fsp3) is 0.217. The van der Waals surface area contributed by atoms with E-state index in [0.29, 0.717) is 12.2 Å². The van der Waals surface area contributed by atoms with Crippen LogP contribution in [0.5, 0.6) is 0 Å². The van der Waals surface area contributed by atoms with Gasteiger partial charge in [0.05, 0.1) is 18.3 Å². The highest BCUT2D eigenvalue weighted by atomic mass is 19.1. The monoisotopic (exact) mass is 394 g/mol. The van der Waals surface area contributed by atoms with Gasteiger partial charge < -0.3 is 14.2 Å². The van der Waals surface area contributed by atoms with E-state index >= 15 is 0 Å². The van der Waals surface area contributed by atoms with E-state index < -0.39 is 5.97 Å². The largest absolute Gasteiger partial charge is 0.465 e. The van der Waals surface area contributed by atoms with Gasteiger partial charge >= 0.3 is 5.97 Å². The van der Waals surface area contributed by atoms with Crippen LogP contribution in [0.25, 0.3) is 11.8 Å². The number of ether oxygens (including phenoxy) is 1. The number of carbonyl (C=O) groups excluding carboxylic acids is 2. The van der Waals surface area contributed by atoms with Crippen molar-refractivity contribution in [2.24, 2.45) is 0 Å². The first-order valence-corrected chi connectivity index (χ1v) is 9.19. The number of amides is 1. The number of carbonyl (C=O) groups is 2. The molecular formula is C23H23FN2O3. The SMILES string of the molecule is C=CCN1C(=O)/C(=C\c2cc(C)n(-c3ccc(F)cc3)c2C)C(C(=O)OC)=C1C. The molecule has 0 saturated carbocycles. The summed E-state index contributed by atoms with van der Waals surface area (Å²) in [6, 6.07) is 8.13. The van der Waals surface area contributed by atoms with Gasteiger partial charge in [0.15, 0.2) is 0 Å². The maximum atomic E-state index is 13.3. The van der Waals surface area contributed by atoms with Crippen LogP contribution in [0.15, 0.2) is 59.8 Å². The number of halogens is 1. The van der Waals surface area contributed by atoms with Gasteiger partial charge in [0.1, 0.15) is 5.82 Å². The smallest absolute Gasteiger partial charge is 0.340 e. The number of aromatic nitrogens is 1. The van der Waals surface area contributed by atoms with Crippen LogP contribution in [0.1, 0.15) is 23.9 Å². The van der Waals surface area contributed by atoms with Crippen molar-refractivity contribution < 1.29 is 18.7 Å². The number of hydrogen-bond donors (Lipinski definition) is 0. The normalized spacial score (nSPS) is 15.4. The van der Waals surface area contributed by atoms with E-state index in [-0.39, 0.29) is 22.9 Å². The van der Waals surface area contributed by atoms with Crippen molar-refractivity contribution in [3.05, 3.63) is 82.6 Å². The molecule has 0 fully saturated rings. The first-order valence-electron chi connectivity index (χ1n) is 9.19. The molecule has 2 heterocycles. The van der Waals surface area contributed by atoms with Crippen LogP contribution in [0.2, 0.25) is 0 Å². The van der Waals surface area contributed by atoms with E-state index in [9.17, 15) is 14.0 Å². The van der Waals surface area contributed by atoms with Crippen molar-refractivity contribution in [2.75, 3.05) is 13.7 Å². The number of aryl methyl sites for hydroxylation is 1. The molecule has 0 unspecified atom stereocenters. The van der Waals surface area contributed by atoms with Gasteiger partial charge in [-0.25, -0.2) is 9.18 Å². The average Bonchev–Trinajstić information content (AvgIpc) is 3.10. The molecule has 1 aliphatic heterocycles. The number of hydrogen-bond acceptors (Lipinski definition) is 3. The van der Waals surface area contributed by atoms with Gasteiger partial charge in [-0.15, -0.1) is 6.58 Å². The van der Waals surface area contributed by atoms with Gasteiger partial charge in [-0.05, 0) is 62.7 Å². The number of allylic oxidation sites excluding steroid dienone is 1. The zero-order valence-electron chi connectivity index (χ0n) is 17.0. The molecule has 0 spiro atoms. The highest BCUT2D eigenvalue weighted by Crippen LogP contribution is 2.33. The van der Waals surface area contributed by atoms with Crippen molar-refractivity contribution >= 4 is 18.0 Å². The van der Waals surface area contributed by atoms with Crippen molar-refractivity contribution in [3.63, 3.8) is 0 Å². The maximum Gasteiger partial charge on any atom is 0.340 e. The van der Waals surface area contributed by atoms with E-state index in [1.54, 1.807) is 31.2 Å². The van der Waals surface area contributed by atoms with Crippen LogP contribution in [0, 0.1) is 19.7 Å². The van der Waals surface area contributed by atoms with Crippen LogP contribution >= 0.6 is 0 Å². The summed E-state index contributed by atoms with van der Waals surface area (Å²) in [7, 11) is 1.29. The Bertz CT molecular complexity index is 1060. The third kappa shape index (κ3) is 3.53. The Morgan fingerprint density at radius 3 is 2.45 bits per heavy atom. The molecule has 0 saturated heterocycles. The Hall–Kier alpha value is -3.41. The zero-order valence-corrected chi connectivity index (χ0v) is 17.0. The minimum absolute atomic E-state index is 0.255. The summed E-state index contributed by atoms with van der Waals surface area (Å²) in [6.07, 6.45) is 3.32. The summed E-state index contributed by atoms with van der Waals surface area (Å²) >= 11 is 0. The summed E-state index contributed by atoms with van der Waals surface area (Å²) in [5.41, 5.74) is 4.50. The first-order chi connectivity index (χ1) is 13.8. The molecule has 1 amide bonds. The van der Waals surface area contributed by atoms with Crippen LogP contribution in [-0.4, -0.2) is 35.0 Å². The van der Waals surface area contributed by atoms with Gasteiger partial charge in [-0.1, -0.05) is 6.08 Å². The van der Waals surface area contributed by atoms with Crippen LogP contribution in [-0.2, 0) is 14.3 Å². The lowest BCUT2D eigenvalue weighted by Crippen LogP contribution is -2.25. The number of rotatable bonds is 5. The van der Waals surface area contributed by atoms with Crippen molar-refractivity contribution in [3.8, 4) is 5.69 Å². The van der Waals surface area contributed by atoms with Crippen LogP contribution in [0.4, 0.5) is 4.39 Å². The van der Waals surface area contributed by atoms with Crippen molar-refractivity contribution in [1.82, 2.24) is 9.47 Å². The molecular weight excluding hydrogens is 371 g/mol. The molecule has 150 valence electrons. The number of nitrogens with zero attached hydrogens (tertiary/aromatic N) is 2. The quantitative estimate of drug-likeness (QED) is 0.436. The van der Waals surface area contributed by atoms with Gasteiger partial charge in [0, 0.05) is 29.3 Å². The second kappa shape index (κ2) is 7.91. The molecule has 0 radical (unpaired) electrons. The molecule has 0 bridgehead atoms. The fourth-order valence-electron chi connectivity index (χ4n) is 3.65. The van der Waals surface area contributed by atoms with Gasteiger partial charge in [-0.3, -0.25) is 4.79 Å². The number of esters is 1. The highest BCUT2D eigenvalue weighted by Gasteiger charge is 2.36. The third-order valence-electron chi connectivity index (χ3n) is 5.07. The molecule has 0 atom stereocenters. The van der Waals surface area contributed by atoms with Gasteiger partial charge in [-0.2, -0.15) is 0 Å². The second-order valence-corrected chi connectivity index (χ2v) is 6.85. The third-order valence-corrected chi connectivity index (χ3v) is 5.07. The maximum absolute atomic E-state index is 13.3. The van der Waals surface area contributed by atoms with E-state index in [1.165, 1.54) is 24.1 Å². The predicted molar refractivity (Wildman–Crippen MR) is 110 cm³/mol. The average molecular weight is 394 g/mol. The topological polar surface area (TPSA) is 51.5 Å². The molecule has 1 aromatic heterocycles. The molecule has 0 aliphatic carbocycles. The van der Waals surface area contributed by atoms with E-state index in [4.69, 9.17) is 4.74 Å². The lowest BCUT2D eigenvalue weighted by molar-refractivity contribution is -0.136. The highest BCUT2D eigenvalue weighted by molar-refractivity contribution is 6.16. The van der Waals surface area contributed by atoms with Crippen LogP contribution in [0.3, 0.4) is 0 Å². The molecule has 1 aromatic carbocycles.